The molecule has 33 heavy (non-hydrogen) atoms. The number of nitrogens with zero attached hydrogens (tertiary/aromatic N) is 6. The second kappa shape index (κ2) is 7.82. The van der Waals surface area contributed by atoms with E-state index in [9.17, 15) is 9.18 Å². The van der Waals surface area contributed by atoms with Crippen LogP contribution in [-0.4, -0.2) is 28.9 Å². The van der Waals surface area contributed by atoms with Crippen molar-refractivity contribution in [2.45, 2.75) is 6.54 Å². The van der Waals surface area contributed by atoms with Crippen molar-refractivity contribution < 1.29 is 8.78 Å². The number of aromatic nitrogens is 6. The highest BCUT2D eigenvalue weighted by atomic mass is 35.5. The Balaban J connectivity index is 1.53. The van der Waals surface area contributed by atoms with Crippen LogP contribution in [0.15, 0.2) is 60.0 Å². The molecule has 11 heteroatoms. The molecule has 0 aliphatic rings. The van der Waals surface area contributed by atoms with Gasteiger partial charge in [0.25, 0.3) is 0 Å². The molecule has 8 nitrogen and oxygen atoms in total. The Morgan fingerprint density at radius 2 is 1.94 bits per heavy atom. The van der Waals surface area contributed by atoms with Gasteiger partial charge in [0, 0.05) is 36.0 Å². The first-order chi connectivity index (χ1) is 15.8. The summed E-state index contributed by atoms with van der Waals surface area (Å²) in [6.45, 7) is -0.0684. The Labute approximate surface area is 190 Å². The van der Waals surface area contributed by atoms with Gasteiger partial charge in [-0.1, -0.05) is 23.7 Å². The van der Waals surface area contributed by atoms with Crippen LogP contribution in [0.25, 0.3) is 27.8 Å². The summed E-state index contributed by atoms with van der Waals surface area (Å²) in [5, 5.41) is 4.55. The summed E-state index contributed by atoms with van der Waals surface area (Å²) >= 11 is 5.81. The number of hydrogen-bond donors (Lipinski definition) is 1. The summed E-state index contributed by atoms with van der Waals surface area (Å²) in [6, 6.07) is 8.85. The maximum Gasteiger partial charge on any atom is 0.350 e. The van der Waals surface area contributed by atoms with Gasteiger partial charge in [-0.25, -0.2) is 23.5 Å². The van der Waals surface area contributed by atoms with Crippen LogP contribution >= 0.6 is 11.6 Å². The molecule has 3 heterocycles. The van der Waals surface area contributed by atoms with E-state index in [1.807, 2.05) is 0 Å². The molecule has 5 aromatic rings. The van der Waals surface area contributed by atoms with Crippen molar-refractivity contribution >= 4 is 28.5 Å². The van der Waals surface area contributed by atoms with Crippen LogP contribution in [0, 0.1) is 11.6 Å². The third-order valence-electron chi connectivity index (χ3n) is 5.38. The van der Waals surface area contributed by atoms with Gasteiger partial charge in [-0.2, -0.15) is 9.78 Å². The maximum atomic E-state index is 15.2. The highest BCUT2D eigenvalue weighted by molar-refractivity contribution is 6.30. The molecular formula is C22H16ClF2N7O. The number of aryl methyl sites for hydroxylation is 1. The summed E-state index contributed by atoms with van der Waals surface area (Å²) in [5.74, 6) is -0.944. The van der Waals surface area contributed by atoms with Crippen LogP contribution in [0.5, 0.6) is 0 Å². The van der Waals surface area contributed by atoms with Crippen LogP contribution in [-0.2, 0) is 13.6 Å². The van der Waals surface area contributed by atoms with Gasteiger partial charge in [0.05, 0.1) is 22.6 Å². The average molecular weight is 468 g/mol. The minimum absolute atomic E-state index is 0.0370. The molecule has 0 saturated heterocycles. The van der Waals surface area contributed by atoms with Gasteiger partial charge < -0.3 is 10.3 Å². The van der Waals surface area contributed by atoms with E-state index in [4.69, 9.17) is 17.3 Å². The Bertz CT molecular complexity index is 1590. The minimum Gasteiger partial charge on any atom is -0.383 e. The third-order valence-corrected chi connectivity index (χ3v) is 5.67. The zero-order valence-electron chi connectivity index (χ0n) is 17.2. The number of rotatable bonds is 4. The lowest BCUT2D eigenvalue weighted by atomic mass is 10.0. The predicted octanol–water partition coefficient (Wildman–Crippen LogP) is 3.54. The summed E-state index contributed by atoms with van der Waals surface area (Å²) in [5.41, 5.74) is 7.29. The lowest BCUT2D eigenvalue weighted by molar-refractivity contribution is 0.595. The fourth-order valence-corrected chi connectivity index (χ4v) is 3.96. The van der Waals surface area contributed by atoms with Crippen LogP contribution in [0.4, 0.5) is 14.6 Å². The smallest absolute Gasteiger partial charge is 0.350 e. The molecule has 0 unspecified atom stereocenters. The monoisotopic (exact) mass is 467 g/mol. The zero-order chi connectivity index (χ0) is 23.3. The van der Waals surface area contributed by atoms with E-state index in [0.29, 0.717) is 16.6 Å². The molecule has 0 bridgehead atoms. The number of halogens is 3. The number of nitrogen functional groups attached to an aromatic ring is 1. The molecule has 0 aliphatic carbocycles. The standard InChI is InChI=1S/C22H16ClF2N7O/c1-30-9-15(18-20(26)27-10-28-21(18)30)14-6-5-13(7-17(14)24)32-22(33)31(11-29-32)8-12-3-2-4-16(23)19(12)25/h2-7,9-11H,8H2,1H3,(H2,26,27,28). The number of anilines is 1. The number of hydrogen-bond acceptors (Lipinski definition) is 5. The Kier molecular flexibility index (Phi) is 4.94. The van der Waals surface area contributed by atoms with Crippen molar-refractivity contribution in [3.8, 4) is 16.8 Å². The van der Waals surface area contributed by atoms with Gasteiger partial charge in [-0.3, -0.25) is 4.57 Å². The van der Waals surface area contributed by atoms with Crippen molar-refractivity contribution in [2.75, 3.05) is 5.73 Å². The molecule has 0 spiro atoms. The van der Waals surface area contributed by atoms with Crippen molar-refractivity contribution in [1.29, 1.82) is 0 Å². The molecule has 0 radical (unpaired) electrons. The van der Waals surface area contributed by atoms with Crippen molar-refractivity contribution in [2.24, 2.45) is 7.05 Å². The number of benzene rings is 2. The summed E-state index contributed by atoms with van der Waals surface area (Å²) < 4.78 is 33.4. The second-order valence-corrected chi connectivity index (χ2v) is 7.85. The van der Waals surface area contributed by atoms with E-state index in [2.05, 4.69) is 15.1 Å². The first-order valence-corrected chi connectivity index (χ1v) is 10.2. The highest BCUT2D eigenvalue weighted by Crippen LogP contribution is 2.34. The van der Waals surface area contributed by atoms with Gasteiger partial charge in [0.2, 0.25) is 0 Å². The molecule has 3 aromatic heterocycles. The maximum absolute atomic E-state index is 15.2. The molecule has 166 valence electrons. The molecule has 0 fully saturated rings. The van der Waals surface area contributed by atoms with E-state index >= 15 is 4.39 Å². The Hall–Kier alpha value is -4.05. The molecule has 5 rings (SSSR count). The Morgan fingerprint density at radius 3 is 2.73 bits per heavy atom. The van der Waals surface area contributed by atoms with Crippen LogP contribution in [0.2, 0.25) is 5.02 Å². The summed E-state index contributed by atoms with van der Waals surface area (Å²) in [4.78, 5) is 21.0. The fraction of sp³-hybridized carbons (Fsp3) is 0.0909. The van der Waals surface area contributed by atoms with Gasteiger partial charge in [-0.05, 0) is 18.2 Å². The number of fused-ring (bicyclic) bond motifs is 1. The molecular weight excluding hydrogens is 452 g/mol. The first kappa shape index (κ1) is 20.8. The zero-order valence-corrected chi connectivity index (χ0v) is 18.0. The highest BCUT2D eigenvalue weighted by Gasteiger charge is 2.18. The second-order valence-electron chi connectivity index (χ2n) is 7.44. The quantitative estimate of drug-likeness (QED) is 0.436. The third kappa shape index (κ3) is 3.44. The lowest BCUT2D eigenvalue weighted by Crippen LogP contribution is -2.24. The predicted molar refractivity (Wildman–Crippen MR) is 120 cm³/mol. The van der Waals surface area contributed by atoms with E-state index in [1.54, 1.807) is 29.9 Å². The summed E-state index contributed by atoms with van der Waals surface area (Å²) in [6.07, 6.45) is 4.32. The van der Waals surface area contributed by atoms with Crippen molar-refractivity contribution in [1.82, 2.24) is 28.9 Å². The molecule has 2 N–H and O–H groups in total. The van der Waals surface area contributed by atoms with Crippen LogP contribution in [0.1, 0.15) is 5.56 Å². The SMILES string of the molecule is Cn1cc(-c2ccc(-n3ncn(Cc4cccc(Cl)c4F)c3=O)cc2F)c2c(N)ncnc21. The van der Waals surface area contributed by atoms with E-state index in [0.717, 1.165) is 4.68 Å². The summed E-state index contributed by atoms with van der Waals surface area (Å²) in [7, 11) is 1.78. The van der Waals surface area contributed by atoms with Gasteiger partial charge in [-0.15, -0.1) is 0 Å². The average Bonchev–Trinajstić information content (AvgIpc) is 3.32. The minimum atomic E-state index is -0.604. The molecule has 0 saturated carbocycles. The van der Waals surface area contributed by atoms with Crippen LogP contribution in [0.3, 0.4) is 0 Å². The van der Waals surface area contributed by atoms with E-state index in [-0.39, 0.29) is 34.2 Å². The Morgan fingerprint density at radius 1 is 1.12 bits per heavy atom. The normalized spacial score (nSPS) is 11.4. The molecule has 0 aliphatic heterocycles. The van der Waals surface area contributed by atoms with E-state index in [1.165, 1.54) is 41.5 Å². The first-order valence-electron chi connectivity index (χ1n) is 9.78. The fourth-order valence-electron chi connectivity index (χ4n) is 3.77. The van der Waals surface area contributed by atoms with Crippen molar-refractivity contribution in [3.63, 3.8) is 0 Å². The topological polar surface area (TPSA) is 96.5 Å². The molecule has 0 atom stereocenters. The van der Waals surface area contributed by atoms with Crippen molar-refractivity contribution in [3.05, 3.63) is 88.0 Å². The van der Waals surface area contributed by atoms with E-state index < -0.39 is 17.3 Å². The molecule has 0 amide bonds. The van der Waals surface area contributed by atoms with Gasteiger partial charge in [0.15, 0.2) is 0 Å². The van der Waals surface area contributed by atoms with Gasteiger partial charge in [0.1, 0.15) is 35.8 Å². The molecule has 2 aromatic carbocycles. The van der Waals surface area contributed by atoms with Crippen LogP contribution < -0.4 is 11.4 Å². The largest absolute Gasteiger partial charge is 0.383 e. The number of nitrogens with two attached hydrogens (primary N) is 1. The lowest BCUT2D eigenvalue weighted by Gasteiger charge is -2.06. The van der Waals surface area contributed by atoms with Gasteiger partial charge >= 0.3 is 5.69 Å².